The lowest BCUT2D eigenvalue weighted by Gasteiger charge is -2.39. The Morgan fingerprint density at radius 1 is 0.760 bits per heavy atom. The van der Waals surface area contributed by atoms with E-state index in [4.69, 9.17) is 0 Å². The summed E-state index contributed by atoms with van der Waals surface area (Å²) in [5, 5.41) is 0. The van der Waals surface area contributed by atoms with Crippen molar-refractivity contribution in [3.63, 3.8) is 0 Å². The Hall–Kier alpha value is -1.06. The van der Waals surface area contributed by atoms with E-state index < -0.39 is 0 Å². The third kappa shape index (κ3) is 6.63. The van der Waals surface area contributed by atoms with Crippen molar-refractivity contribution in [3.8, 4) is 0 Å². The van der Waals surface area contributed by atoms with Gasteiger partial charge in [0.05, 0.1) is 6.17 Å². The fourth-order valence-electron chi connectivity index (χ4n) is 3.48. The average molecular weight is 381 g/mol. The zero-order chi connectivity index (χ0) is 15.9. The van der Waals surface area contributed by atoms with E-state index >= 15 is 0 Å². The lowest BCUT2D eigenvalue weighted by molar-refractivity contribution is 0.0300. The number of nitrogens with zero attached hydrogens (tertiary/aromatic N) is 2. The molecule has 0 aromatic heterocycles. The molecule has 2 nitrogen and oxygen atoms in total. The zero-order valence-electron chi connectivity index (χ0n) is 15.0. The fourth-order valence-corrected chi connectivity index (χ4v) is 3.48. The van der Waals surface area contributed by atoms with Gasteiger partial charge >= 0.3 is 0 Å². The highest BCUT2D eigenvalue weighted by Crippen LogP contribution is 2.19. The maximum absolute atomic E-state index is 2.65. The molecule has 0 spiro atoms. The van der Waals surface area contributed by atoms with Crippen LogP contribution >= 0.6 is 24.8 Å². The number of benzene rings is 2. The van der Waals surface area contributed by atoms with Crippen LogP contribution in [-0.2, 0) is 13.1 Å². The number of hydrogen-bond donors (Lipinski definition) is 0. The molecule has 0 N–H and O–H groups in total. The molecule has 1 atom stereocenters. The van der Waals surface area contributed by atoms with Crippen molar-refractivity contribution in [2.75, 3.05) is 13.1 Å². The summed E-state index contributed by atoms with van der Waals surface area (Å²) in [7, 11) is 0. The van der Waals surface area contributed by atoms with Crippen LogP contribution in [0.15, 0.2) is 60.7 Å². The van der Waals surface area contributed by atoms with Gasteiger partial charge in [-0.1, -0.05) is 67.1 Å². The Morgan fingerprint density at radius 2 is 1.20 bits per heavy atom. The summed E-state index contributed by atoms with van der Waals surface area (Å²) in [5.41, 5.74) is 2.79. The standard InChI is InChI=1S/C21H28N2.2ClH/c1-19(22-15-9-4-10-16-22)23(17-20-11-5-2-6-12-20)18-21-13-7-3-8-14-21;;/h2-3,5-8,11-14,19H,4,9-10,15-18H2,1H3;2*1H. The van der Waals surface area contributed by atoms with E-state index in [2.05, 4.69) is 77.4 Å². The van der Waals surface area contributed by atoms with Crippen LogP contribution in [0, 0.1) is 0 Å². The second kappa shape index (κ2) is 11.5. The van der Waals surface area contributed by atoms with Crippen molar-refractivity contribution < 1.29 is 0 Å². The smallest absolute Gasteiger partial charge is 0.0599 e. The van der Waals surface area contributed by atoms with Gasteiger partial charge in [0, 0.05) is 13.1 Å². The summed E-state index contributed by atoms with van der Waals surface area (Å²) in [6.45, 7) is 6.86. The van der Waals surface area contributed by atoms with Crippen LogP contribution in [0.5, 0.6) is 0 Å². The molecule has 138 valence electrons. The van der Waals surface area contributed by atoms with E-state index in [1.165, 1.54) is 43.5 Å². The molecule has 2 aromatic carbocycles. The normalized spacial score (nSPS) is 15.9. The highest BCUT2D eigenvalue weighted by atomic mass is 35.5. The topological polar surface area (TPSA) is 6.48 Å². The first-order valence-corrected chi connectivity index (χ1v) is 8.89. The Balaban J connectivity index is 0.00000156. The number of rotatable bonds is 6. The Morgan fingerprint density at radius 3 is 1.64 bits per heavy atom. The molecule has 1 unspecified atom stereocenters. The number of likely N-dealkylation sites (tertiary alicyclic amines) is 1. The van der Waals surface area contributed by atoms with Crippen LogP contribution < -0.4 is 0 Å². The maximum Gasteiger partial charge on any atom is 0.0599 e. The minimum Gasteiger partial charge on any atom is -0.288 e. The Labute approximate surface area is 165 Å². The van der Waals surface area contributed by atoms with E-state index in [1.54, 1.807) is 0 Å². The number of halogens is 2. The van der Waals surface area contributed by atoms with Crippen molar-refractivity contribution in [2.24, 2.45) is 0 Å². The minimum atomic E-state index is 0. The van der Waals surface area contributed by atoms with E-state index in [0.29, 0.717) is 6.17 Å². The third-order valence-electron chi connectivity index (χ3n) is 4.90. The van der Waals surface area contributed by atoms with E-state index in [0.717, 1.165) is 13.1 Å². The molecule has 0 aliphatic carbocycles. The molecule has 0 saturated carbocycles. The van der Waals surface area contributed by atoms with E-state index in [9.17, 15) is 0 Å². The van der Waals surface area contributed by atoms with Gasteiger partial charge in [0.25, 0.3) is 0 Å². The lowest BCUT2D eigenvalue weighted by atomic mass is 10.1. The monoisotopic (exact) mass is 380 g/mol. The van der Waals surface area contributed by atoms with Crippen molar-refractivity contribution in [2.45, 2.75) is 45.4 Å². The molecule has 4 heteroatoms. The van der Waals surface area contributed by atoms with Gasteiger partial charge in [0.15, 0.2) is 0 Å². The van der Waals surface area contributed by atoms with Crippen molar-refractivity contribution in [3.05, 3.63) is 71.8 Å². The minimum absolute atomic E-state index is 0. The molecule has 0 amide bonds. The predicted octanol–water partition coefficient (Wildman–Crippen LogP) is 5.36. The predicted molar refractivity (Wildman–Crippen MR) is 112 cm³/mol. The molecule has 25 heavy (non-hydrogen) atoms. The van der Waals surface area contributed by atoms with Crippen LogP contribution in [0.3, 0.4) is 0 Å². The van der Waals surface area contributed by atoms with Gasteiger partial charge in [0.2, 0.25) is 0 Å². The first-order valence-electron chi connectivity index (χ1n) is 8.89. The van der Waals surface area contributed by atoms with Gasteiger partial charge in [-0.25, -0.2) is 0 Å². The van der Waals surface area contributed by atoms with Crippen LogP contribution in [-0.4, -0.2) is 29.1 Å². The third-order valence-corrected chi connectivity index (χ3v) is 4.90. The molecular weight excluding hydrogens is 351 g/mol. The largest absolute Gasteiger partial charge is 0.288 e. The van der Waals surface area contributed by atoms with E-state index in [1.807, 2.05) is 0 Å². The van der Waals surface area contributed by atoms with Crippen LogP contribution in [0.2, 0.25) is 0 Å². The number of hydrogen-bond acceptors (Lipinski definition) is 2. The molecule has 1 heterocycles. The molecule has 1 aliphatic heterocycles. The second-order valence-electron chi connectivity index (χ2n) is 6.60. The fraction of sp³-hybridized carbons (Fsp3) is 0.429. The molecule has 1 aliphatic rings. The SMILES string of the molecule is CC(N1CCCCC1)N(Cc1ccccc1)Cc1ccccc1.Cl.Cl. The van der Waals surface area contributed by atoms with Gasteiger partial charge in [-0.3, -0.25) is 9.80 Å². The average Bonchev–Trinajstić information content (AvgIpc) is 2.63. The number of piperidine rings is 1. The summed E-state index contributed by atoms with van der Waals surface area (Å²) in [5.74, 6) is 0. The molecule has 2 aromatic rings. The highest BCUT2D eigenvalue weighted by Gasteiger charge is 2.22. The molecular formula is C21H30Cl2N2. The highest BCUT2D eigenvalue weighted by molar-refractivity contribution is 5.85. The van der Waals surface area contributed by atoms with Crippen LogP contribution in [0.4, 0.5) is 0 Å². The van der Waals surface area contributed by atoms with Crippen LogP contribution in [0.1, 0.15) is 37.3 Å². The Bertz CT molecular complexity index is 529. The van der Waals surface area contributed by atoms with Gasteiger partial charge in [-0.15, -0.1) is 24.8 Å². The Kier molecular flexibility index (Phi) is 10.1. The van der Waals surface area contributed by atoms with Crippen LogP contribution in [0.25, 0.3) is 0 Å². The van der Waals surface area contributed by atoms with Gasteiger partial charge in [-0.05, 0) is 44.0 Å². The summed E-state index contributed by atoms with van der Waals surface area (Å²) in [4.78, 5) is 5.26. The second-order valence-corrected chi connectivity index (χ2v) is 6.60. The molecule has 0 radical (unpaired) electrons. The summed E-state index contributed by atoms with van der Waals surface area (Å²) in [6, 6.07) is 21.7. The van der Waals surface area contributed by atoms with Gasteiger partial charge in [0.1, 0.15) is 0 Å². The van der Waals surface area contributed by atoms with E-state index in [-0.39, 0.29) is 24.8 Å². The van der Waals surface area contributed by atoms with Crippen molar-refractivity contribution in [1.29, 1.82) is 0 Å². The zero-order valence-corrected chi connectivity index (χ0v) is 16.6. The van der Waals surface area contributed by atoms with Crippen molar-refractivity contribution in [1.82, 2.24) is 9.80 Å². The molecule has 1 fully saturated rings. The summed E-state index contributed by atoms with van der Waals surface area (Å²) < 4.78 is 0. The summed E-state index contributed by atoms with van der Waals surface area (Å²) in [6.07, 6.45) is 4.56. The molecule has 0 bridgehead atoms. The van der Waals surface area contributed by atoms with Gasteiger partial charge < -0.3 is 0 Å². The first-order chi connectivity index (χ1) is 11.3. The quantitative estimate of drug-likeness (QED) is 0.664. The first kappa shape index (κ1) is 22.0. The molecule has 3 rings (SSSR count). The molecule has 1 saturated heterocycles. The van der Waals surface area contributed by atoms with Gasteiger partial charge in [-0.2, -0.15) is 0 Å². The maximum atomic E-state index is 2.65. The van der Waals surface area contributed by atoms with Crippen molar-refractivity contribution >= 4 is 24.8 Å². The lowest BCUT2D eigenvalue weighted by Crippen LogP contribution is -2.47. The summed E-state index contributed by atoms with van der Waals surface area (Å²) >= 11 is 0.